The van der Waals surface area contributed by atoms with E-state index in [9.17, 15) is 9.59 Å². The van der Waals surface area contributed by atoms with Gasteiger partial charge >= 0.3 is 5.97 Å². The summed E-state index contributed by atoms with van der Waals surface area (Å²) in [6.45, 7) is 9.18. The first-order valence-electron chi connectivity index (χ1n) is 12.1. The predicted molar refractivity (Wildman–Crippen MR) is 136 cm³/mol. The molecule has 6 nitrogen and oxygen atoms in total. The van der Waals surface area contributed by atoms with Gasteiger partial charge in [-0.15, -0.1) is 0 Å². The maximum Gasteiger partial charge on any atom is 0.339 e. The normalized spacial score (nSPS) is 15.1. The number of fused-ring (bicyclic) bond motifs is 2. The lowest BCUT2D eigenvalue weighted by molar-refractivity contribution is -0.119. The number of anilines is 2. The van der Waals surface area contributed by atoms with E-state index in [0.29, 0.717) is 23.2 Å². The van der Waals surface area contributed by atoms with Crippen LogP contribution in [-0.4, -0.2) is 36.1 Å². The van der Waals surface area contributed by atoms with Crippen molar-refractivity contribution < 1.29 is 14.3 Å². The molecule has 0 saturated heterocycles. The number of carbonyl (C=O) groups is 2. The van der Waals surface area contributed by atoms with Crippen molar-refractivity contribution in [3.63, 3.8) is 0 Å². The number of esters is 1. The van der Waals surface area contributed by atoms with Crippen LogP contribution < -0.4 is 10.2 Å². The Labute approximate surface area is 201 Å². The fourth-order valence-corrected chi connectivity index (χ4v) is 4.78. The van der Waals surface area contributed by atoms with E-state index in [4.69, 9.17) is 9.72 Å². The summed E-state index contributed by atoms with van der Waals surface area (Å²) in [5.41, 5.74) is 5.04. The summed E-state index contributed by atoms with van der Waals surface area (Å²) in [6.07, 6.45) is 2.70. The minimum absolute atomic E-state index is 0.339. The van der Waals surface area contributed by atoms with Crippen LogP contribution in [0, 0.1) is 5.92 Å². The number of hydrogen-bond acceptors (Lipinski definition) is 5. The Morgan fingerprint density at radius 3 is 2.59 bits per heavy atom. The lowest BCUT2D eigenvalue weighted by Gasteiger charge is -2.27. The van der Waals surface area contributed by atoms with Gasteiger partial charge in [0.25, 0.3) is 5.91 Å². The average molecular weight is 460 g/mol. The van der Waals surface area contributed by atoms with Crippen LogP contribution in [-0.2, 0) is 22.4 Å². The van der Waals surface area contributed by atoms with Gasteiger partial charge in [0.05, 0.1) is 11.1 Å². The van der Waals surface area contributed by atoms with E-state index in [0.717, 1.165) is 53.7 Å². The standard InChI is InChI=1S/C28H33N3O3/c1-5-31(18(2)3)21-13-11-20(12-14-21)29-26(32)17-34-28(33)27-22-8-6-7-9-24(22)30-25-15-10-19(4)16-23(25)27/h6-9,11-14,18-19H,5,10,15-17H2,1-4H3,(H,29,32). The maximum atomic E-state index is 13.2. The van der Waals surface area contributed by atoms with Crippen molar-refractivity contribution >= 4 is 34.2 Å². The van der Waals surface area contributed by atoms with Crippen molar-refractivity contribution in [2.75, 3.05) is 23.4 Å². The van der Waals surface area contributed by atoms with Crippen molar-refractivity contribution in [2.45, 2.75) is 53.0 Å². The summed E-state index contributed by atoms with van der Waals surface area (Å²) in [6, 6.07) is 15.7. The minimum Gasteiger partial charge on any atom is -0.452 e. The highest BCUT2D eigenvalue weighted by molar-refractivity contribution is 6.06. The van der Waals surface area contributed by atoms with Gasteiger partial charge in [0.2, 0.25) is 0 Å². The number of carbonyl (C=O) groups excluding carboxylic acids is 2. The van der Waals surface area contributed by atoms with Crippen LogP contribution in [0.4, 0.5) is 11.4 Å². The third kappa shape index (κ3) is 5.06. The Balaban J connectivity index is 1.46. The average Bonchev–Trinajstić information content (AvgIpc) is 2.82. The number of ether oxygens (including phenoxy) is 1. The Hall–Kier alpha value is -3.41. The van der Waals surface area contributed by atoms with Gasteiger partial charge < -0.3 is 15.0 Å². The largest absolute Gasteiger partial charge is 0.452 e. The lowest BCUT2D eigenvalue weighted by Crippen LogP contribution is -2.30. The van der Waals surface area contributed by atoms with Gasteiger partial charge in [-0.1, -0.05) is 25.1 Å². The zero-order chi connectivity index (χ0) is 24.2. The van der Waals surface area contributed by atoms with Crippen molar-refractivity contribution in [1.29, 1.82) is 0 Å². The van der Waals surface area contributed by atoms with E-state index in [1.165, 1.54) is 0 Å². The molecule has 1 aliphatic carbocycles. The molecule has 2 aromatic carbocycles. The Morgan fingerprint density at radius 1 is 1.15 bits per heavy atom. The third-order valence-electron chi connectivity index (χ3n) is 6.49. The van der Waals surface area contributed by atoms with Gasteiger partial charge in [-0.2, -0.15) is 0 Å². The number of nitrogens with zero attached hydrogens (tertiary/aromatic N) is 2. The predicted octanol–water partition coefficient (Wildman–Crippen LogP) is 5.39. The lowest BCUT2D eigenvalue weighted by atomic mass is 9.84. The molecule has 1 aliphatic rings. The first-order valence-corrected chi connectivity index (χ1v) is 12.1. The summed E-state index contributed by atoms with van der Waals surface area (Å²) in [5.74, 6) is -0.351. The molecule has 1 atom stereocenters. The topological polar surface area (TPSA) is 71.5 Å². The quantitative estimate of drug-likeness (QED) is 0.480. The number of aromatic nitrogens is 1. The summed E-state index contributed by atoms with van der Waals surface area (Å²) in [7, 11) is 0. The molecule has 6 heteroatoms. The highest BCUT2D eigenvalue weighted by Gasteiger charge is 2.26. The van der Waals surface area contributed by atoms with Crippen LogP contribution in [0.2, 0.25) is 0 Å². The zero-order valence-corrected chi connectivity index (χ0v) is 20.4. The summed E-state index contributed by atoms with van der Waals surface area (Å²) >= 11 is 0. The van der Waals surface area contributed by atoms with Gasteiger partial charge in [0.1, 0.15) is 0 Å². The monoisotopic (exact) mass is 459 g/mol. The van der Waals surface area contributed by atoms with E-state index in [-0.39, 0.29) is 12.5 Å². The van der Waals surface area contributed by atoms with Crippen LogP contribution in [0.5, 0.6) is 0 Å². The fourth-order valence-electron chi connectivity index (χ4n) is 4.78. The number of benzene rings is 2. The molecule has 0 radical (unpaired) electrons. The van der Waals surface area contributed by atoms with Gasteiger partial charge in [0.15, 0.2) is 6.61 Å². The van der Waals surface area contributed by atoms with Gasteiger partial charge in [-0.25, -0.2) is 4.79 Å². The summed E-state index contributed by atoms with van der Waals surface area (Å²) < 4.78 is 5.50. The zero-order valence-electron chi connectivity index (χ0n) is 20.4. The number of aryl methyl sites for hydroxylation is 1. The number of amides is 1. The smallest absolute Gasteiger partial charge is 0.339 e. The number of nitrogens with one attached hydrogen (secondary N) is 1. The Kier molecular flexibility index (Phi) is 7.15. The van der Waals surface area contributed by atoms with Crippen molar-refractivity contribution in [3.8, 4) is 0 Å². The molecule has 0 saturated carbocycles. The van der Waals surface area contributed by atoms with E-state index in [2.05, 4.69) is 37.9 Å². The third-order valence-corrected chi connectivity index (χ3v) is 6.49. The van der Waals surface area contributed by atoms with Gasteiger partial charge in [0, 0.05) is 35.0 Å². The molecule has 1 N–H and O–H groups in total. The molecule has 1 aromatic heterocycles. The molecule has 1 amide bonds. The minimum atomic E-state index is -0.468. The molecule has 0 bridgehead atoms. The molecule has 1 unspecified atom stereocenters. The Morgan fingerprint density at radius 2 is 1.88 bits per heavy atom. The molecule has 34 heavy (non-hydrogen) atoms. The molecular weight excluding hydrogens is 426 g/mol. The SMILES string of the molecule is CCN(c1ccc(NC(=O)COC(=O)c2c3c(nc4ccccc24)CCC(C)C3)cc1)C(C)C. The van der Waals surface area contributed by atoms with Crippen molar-refractivity contribution in [2.24, 2.45) is 5.92 Å². The van der Waals surface area contributed by atoms with Crippen molar-refractivity contribution in [1.82, 2.24) is 4.98 Å². The molecular formula is C28H33N3O3. The number of rotatable bonds is 7. The highest BCUT2D eigenvalue weighted by atomic mass is 16.5. The molecule has 4 rings (SSSR count). The second-order valence-corrected chi connectivity index (χ2v) is 9.33. The number of hydrogen-bond donors (Lipinski definition) is 1. The van der Waals surface area contributed by atoms with Gasteiger partial charge in [-0.05, 0) is 81.8 Å². The second-order valence-electron chi connectivity index (χ2n) is 9.33. The van der Waals surface area contributed by atoms with Crippen LogP contribution >= 0.6 is 0 Å². The van der Waals surface area contributed by atoms with Crippen LogP contribution in [0.25, 0.3) is 10.9 Å². The molecule has 178 valence electrons. The molecule has 3 aromatic rings. The van der Waals surface area contributed by atoms with E-state index in [1.807, 2.05) is 48.5 Å². The summed E-state index contributed by atoms with van der Waals surface area (Å²) in [4.78, 5) is 32.8. The first-order chi connectivity index (χ1) is 16.4. The van der Waals surface area contributed by atoms with E-state index < -0.39 is 5.97 Å². The first kappa shape index (κ1) is 23.7. The van der Waals surface area contributed by atoms with Gasteiger partial charge in [-0.3, -0.25) is 9.78 Å². The van der Waals surface area contributed by atoms with Crippen LogP contribution in [0.1, 0.15) is 55.7 Å². The second kappa shape index (κ2) is 10.2. The molecule has 0 spiro atoms. The van der Waals surface area contributed by atoms with E-state index in [1.54, 1.807) is 0 Å². The Bertz CT molecular complexity index is 1190. The van der Waals surface area contributed by atoms with Crippen LogP contribution in [0.3, 0.4) is 0 Å². The number of para-hydroxylation sites is 1. The van der Waals surface area contributed by atoms with Crippen molar-refractivity contribution in [3.05, 3.63) is 65.4 Å². The summed E-state index contributed by atoms with van der Waals surface area (Å²) in [5, 5.41) is 3.60. The van der Waals surface area contributed by atoms with Crippen LogP contribution in [0.15, 0.2) is 48.5 Å². The molecule has 1 heterocycles. The molecule has 0 fully saturated rings. The fraction of sp³-hybridized carbons (Fsp3) is 0.393. The maximum absolute atomic E-state index is 13.2. The van der Waals surface area contributed by atoms with E-state index >= 15 is 0 Å². The molecule has 0 aliphatic heterocycles. The highest BCUT2D eigenvalue weighted by Crippen LogP contribution is 2.32. The number of pyridine rings is 1.